The molecule has 0 saturated carbocycles. The predicted molar refractivity (Wildman–Crippen MR) is 180 cm³/mol. The van der Waals surface area contributed by atoms with Gasteiger partial charge in [-0.3, -0.25) is 14.4 Å². The summed E-state index contributed by atoms with van der Waals surface area (Å²) in [6.07, 6.45) is -3.91. The van der Waals surface area contributed by atoms with E-state index in [0.29, 0.717) is 0 Å². The number of carboxylic acid groups (broad SMARTS) is 1. The molecule has 0 aromatic carbocycles. The predicted octanol–water partition coefficient (Wildman–Crippen LogP) is 3.41. The lowest BCUT2D eigenvalue weighted by Crippen LogP contribution is -2.56. The summed E-state index contributed by atoms with van der Waals surface area (Å²) < 4.78 is 16.7. The van der Waals surface area contributed by atoms with E-state index in [2.05, 4.69) is 5.32 Å². The van der Waals surface area contributed by atoms with Crippen molar-refractivity contribution in [1.29, 1.82) is 0 Å². The van der Waals surface area contributed by atoms with E-state index in [1.807, 2.05) is 13.8 Å². The van der Waals surface area contributed by atoms with Crippen LogP contribution >= 0.6 is 12.4 Å². The van der Waals surface area contributed by atoms with Crippen molar-refractivity contribution in [3.05, 3.63) is 0 Å². The van der Waals surface area contributed by atoms with Crippen molar-refractivity contribution in [2.75, 3.05) is 21.1 Å². The zero-order chi connectivity index (χ0) is 36.4. The summed E-state index contributed by atoms with van der Waals surface area (Å²) >= 11 is 0. The SMILES string of the molecule is CN[C@H](C(=O)O[C@@H](C(=O)N(C)[C@H](C(=O)O[C@@H](C(=O)N(C)[C@H](C(=O)O[C@@H](C(=O)O)C(C)C)C(C)C)C(C)C)C(C)C)C(C)C)C(C)C.Cl. The summed E-state index contributed by atoms with van der Waals surface area (Å²) in [5, 5.41) is 12.4. The molecule has 0 heterocycles. The van der Waals surface area contributed by atoms with Crippen molar-refractivity contribution in [3.8, 4) is 0 Å². The molecule has 0 aromatic heterocycles. The minimum absolute atomic E-state index is 0. The molecule has 6 atom stereocenters. The smallest absolute Gasteiger partial charge is 0.345 e. The van der Waals surface area contributed by atoms with Crippen LogP contribution in [0.15, 0.2) is 0 Å². The minimum Gasteiger partial charge on any atom is -0.478 e. The number of carboxylic acids is 1. The molecule has 0 spiro atoms. The van der Waals surface area contributed by atoms with Crippen LogP contribution in [0.4, 0.5) is 0 Å². The second-order valence-electron chi connectivity index (χ2n) is 13.9. The van der Waals surface area contributed by atoms with Crippen molar-refractivity contribution in [1.82, 2.24) is 15.1 Å². The molecule has 0 radical (unpaired) electrons. The number of halogens is 1. The Morgan fingerprint density at radius 1 is 0.511 bits per heavy atom. The number of ether oxygens (including phenoxy) is 3. The van der Waals surface area contributed by atoms with E-state index in [9.17, 15) is 33.9 Å². The van der Waals surface area contributed by atoms with Crippen LogP contribution in [0.1, 0.15) is 83.1 Å². The molecule has 0 aliphatic carbocycles. The van der Waals surface area contributed by atoms with Crippen LogP contribution in [0, 0.1) is 35.5 Å². The van der Waals surface area contributed by atoms with Gasteiger partial charge >= 0.3 is 23.9 Å². The van der Waals surface area contributed by atoms with Gasteiger partial charge in [0.15, 0.2) is 12.2 Å². The number of hydrogen-bond donors (Lipinski definition) is 2. The Kier molecular flexibility index (Phi) is 20.1. The molecule has 0 rings (SSSR count). The molecule has 274 valence electrons. The van der Waals surface area contributed by atoms with Crippen LogP contribution in [-0.2, 0) is 43.0 Å². The number of aliphatic carboxylic acids is 1. The van der Waals surface area contributed by atoms with E-state index in [-0.39, 0.29) is 18.3 Å². The quantitative estimate of drug-likeness (QED) is 0.159. The largest absolute Gasteiger partial charge is 0.478 e. The average Bonchev–Trinajstić information content (AvgIpc) is 2.91. The highest BCUT2D eigenvalue weighted by Gasteiger charge is 2.43. The second-order valence-corrected chi connectivity index (χ2v) is 13.9. The van der Waals surface area contributed by atoms with Gasteiger partial charge in [0, 0.05) is 20.0 Å². The van der Waals surface area contributed by atoms with Gasteiger partial charge in [-0.25, -0.2) is 14.4 Å². The molecule has 0 saturated heterocycles. The Balaban J connectivity index is 0. The van der Waals surface area contributed by atoms with Crippen LogP contribution in [0.3, 0.4) is 0 Å². The number of nitrogens with one attached hydrogen (secondary N) is 1. The molecule has 0 fully saturated rings. The Morgan fingerprint density at radius 3 is 1.04 bits per heavy atom. The lowest BCUT2D eigenvalue weighted by atomic mass is 9.98. The van der Waals surface area contributed by atoms with E-state index in [1.54, 1.807) is 76.3 Å². The molecule has 0 aromatic rings. The third kappa shape index (κ3) is 12.9. The van der Waals surface area contributed by atoms with Crippen LogP contribution in [-0.4, -0.2) is 108 Å². The number of hydrogen-bond acceptors (Lipinski definition) is 10. The number of carbonyl (C=O) groups is 6. The van der Waals surface area contributed by atoms with Crippen molar-refractivity contribution in [3.63, 3.8) is 0 Å². The first kappa shape index (κ1) is 46.2. The van der Waals surface area contributed by atoms with E-state index >= 15 is 0 Å². The number of amides is 2. The minimum atomic E-state index is -1.40. The zero-order valence-electron chi connectivity index (χ0n) is 30.9. The van der Waals surface area contributed by atoms with Gasteiger partial charge in [0.1, 0.15) is 18.1 Å². The van der Waals surface area contributed by atoms with Crippen molar-refractivity contribution >= 4 is 48.1 Å². The average molecular weight is 694 g/mol. The van der Waals surface area contributed by atoms with Gasteiger partial charge in [0.25, 0.3) is 11.8 Å². The summed E-state index contributed by atoms with van der Waals surface area (Å²) in [5.74, 6) is -7.36. The van der Waals surface area contributed by atoms with Gasteiger partial charge in [-0.05, 0) is 36.6 Å². The molecule has 0 unspecified atom stereocenters. The van der Waals surface area contributed by atoms with E-state index < -0.39 is 102 Å². The Labute approximate surface area is 287 Å². The molecule has 2 amide bonds. The number of nitrogens with zero attached hydrogens (tertiary/aromatic N) is 2. The molecule has 2 N–H and O–H groups in total. The monoisotopic (exact) mass is 693 g/mol. The highest BCUT2D eigenvalue weighted by molar-refractivity contribution is 5.92. The number of rotatable bonds is 18. The van der Waals surface area contributed by atoms with Crippen LogP contribution in [0.2, 0.25) is 0 Å². The fourth-order valence-corrected chi connectivity index (χ4v) is 5.16. The second kappa shape index (κ2) is 20.4. The molecular formula is C33H60ClN3O10. The summed E-state index contributed by atoms with van der Waals surface area (Å²) in [4.78, 5) is 81.1. The van der Waals surface area contributed by atoms with Gasteiger partial charge in [-0.2, -0.15) is 0 Å². The van der Waals surface area contributed by atoms with E-state index in [1.165, 1.54) is 19.0 Å². The highest BCUT2D eigenvalue weighted by atomic mass is 35.5. The molecule has 47 heavy (non-hydrogen) atoms. The Morgan fingerprint density at radius 2 is 0.809 bits per heavy atom. The first-order valence-electron chi connectivity index (χ1n) is 16.1. The van der Waals surface area contributed by atoms with Crippen LogP contribution < -0.4 is 5.32 Å². The fourth-order valence-electron chi connectivity index (χ4n) is 5.16. The van der Waals surface area contributed by atoms with E-state index in [4.69, 9.17) is 14.2 Å². The third-order valence-electron chi connectivity index (χ3n) is 7.78. The molecule has 0 bridgehead atoms. The first-order valence-corrected chi connectivity index (χ1v) is 16.1. The van der Waals surface area contributed by atoms with Gasteiger partial charge in [0.05, 0.1) is 0 Å². The van der Waals surface area contributed by atoms with Gasteiger partial charge in [0.2, 0.25) is 6.10 Å². The number of likely N-dealkylation sites (N-methyl/N-ethyl adjacent to an activating group) is 3. The lowest BCUT2D eigenvalue weighted by molar-refractivity contribution is -0.178. The summed E-state index contributed by atoms with van der Waals surface area (Å²) in [6.45, 7) is 20.5. The molecule has 0 aliphatic heterocycles. The topological polar surface area (TPSA) is 169 Å². The van der Waals surface area contributed by atoms with E-state index in [0.717, 1.165) is 4.90 Å². The van der Waals surface area contributed by atoms with Gasteiger partial charge in [-0.1, -0.05) is 83.1 Å². The van der Waals surface area contributed by atoms with Gasteiger partial charge in [-0.15, -0.1) is 12.4 Å². The Hall–Kier alpha value is -2.93. The van der Waals surface area contributed by atoms with Gasteiger partial charge < -0.3 is 34.4 Å². The normalized spacial score (nSPS) is 15.4. The number of carbonyl (C=O) groups excluding carboxylic acids is 5. The Bertz CT molecular complexity index is 1060. The maximum absolute atomic E-state index is 13.8. The lowest BCUT2D eigenvalue weighted by Gasteiger charge is -2.36. The highest BCUT2D eigenvalue weighted by Crippen LogP contribution is 2.23. The summed E-state index contributed by atoms with van der Waals surface area (Å²) in [5.41, 5.74) is 0. The van der Waals surface area contributed by atoms with Crippen LogP contribution in [0.25, 0.3) is 0 Å². The summed E-state index contributed by atoms with van der Waals surface area (Å²) in [7, 11) is 4.42. The standard InChI is InChI=1S/C33H59N3O10.ClH/c1-16(2)22(34-13)31(41)44-25(19(7)8)28(37)35(14)23(17(3)4)32(42)45-26(20(9)10)29(38)36(15)24(18(5)6)33(43)46-27(21(11)12)30(39)40;/h16-27,34H,1-15H3,(H,39,40);1H/t22-,23-,24-,25+,26+,27+;/m0./s1. The number of esters is 3. The van der Waals surface area contributed by atoms with Crippen molar-refractivity contribution in [2.45, 2.75) is 120 Å². The van der Waals surface area contributed by atoms with Crippen LogP contribution in [0.5, 0.6) is 0 Å². The first-order chi connectivity index (χ1) is 21.0. The molecule has 13 nitrogen and oxygen atoms in total. The summed E-state index contributed by atoms with van der Waals surface area (Å²) in [6, 6.07) is -2.93. The maximum Gasteiger partial charge on any atom is 0.345 e. The zero-order valence-corrected chi connectivity index (χ0v) is 31.7. The fraction of sp³-hybridized carbons (Fsp3) is 0.818. The maximum atomic E-state index is 13.8. The third-order valence-corrected chi connectivity index (χ3v) is 7.78. The molecular weight excluding hydrogens is 634 g/mol. The molecule has 14 heteroatoms. The van der Waals surface area contributed by atoms with Crippen molar-refractivity contribution in [2.24, 2.45) is 35.5 Å². The van der Waals surface area contributed by atoms with Crippen molar-refractivity contribution < 1.29 is 48.1 Å². The molecule has 0 aliphatic rings.